The number of aromatic nitrogens is 1. The molecule has 1 N–H and O–H groups in total. The average Bonchev–Trinajstić information content (AvgIpc) is 3.16. The fraction of sp³-hybridized carbons (Fsp3) is 0.167. The lowest BCUT2D eigenvalue weighted by Crippen LogP contribution is -2.20. The van der Waals surface area contributed by atoms with Crippen LogP contribution in [0.2, 0.25) is 0 Å². The number of nitrogens with one attached hydrogen (secondary N) is 1. The number of methoxy groups -OCH3 is 1. The summed E-state index contributed by atoms with van der Waals surface area (Å²) >= 11 is 3.37. The Labute approximate surface area is 188 Å². The van der Waals surface area contributed by atoms with Crippen molar-refractivity contribution in [3.05, 3.63) is 70.2 Å². The number of halogens is 1. The zero-order valence-corrected chi connectivity index (χ0v) is 18.9. The van der Waals surface area contributed by atoms with E-state index in [0.717, 1.165) is 32.3 Å². The van der Waals surface area contributed by atoms with Gasteiger partial charge < -0.3 is 19.2 Å². The molecule has 0 aliphatic carbocycles. The summed E-state index contributed by atoms with van der Waals surface area (Å²) < 4.78 is 17.8. The maximum atomic E-state index is 12.4. The number of anilines is 1. The fourth-order valence-corrected chi connectivity index (χ4v) is 3.37. The zero-order valence-electron chi connectivity index (χ0n) is 17.4. The number of oxazole rings is 1. The molecule has 0 radical (unpaired) electrons. The number of benzene rings is 3. The van der Waals surface area contributed by atoms with Gasteiger partial charge in [0.05, 0.1) is 12.8 Å². The number of carbonyl (C=O) groups excluding carboxylic acids is 1. The SMILES string of the molecule is COc1ccc(-c2nc3cc(C)c(C)cc3o2)cc1NC(=O)COc1ccc(Br)cc1. The highest BCUT2D eigenvalue weighted by atomic mass is 79.9. The van der Waals surface area contributed by atoms with Crippen LogP contribution in [-0.4, -0.2) is 24.6 Å². The van der Waals surface area contributed by atoms with E-state index >= 15 is 0 Å². The van der Waals surface area contributed by atoms with E-state index in [9.17, 15) is 4.79 Å². The van der Waals surface area contributed by atoms with Gasteiger partial charge in [-0.05, 0) is 79.6 Å². The van der Waals surface area contributed by atoms with Gasteiger partial charge in [0.1, 0.15) is 17.0 Å². The third kappa shape index (κ3) is 4.72. The summed E-state index contributed by atoms with van der Waals surface area (Å²) in [5.74, 6) is 1.31. The molecule has 3 aromatic carbocycles. The number of ether oxygens (including phenoxy) is 2. The summed E-state index contributed by atoms with van der Waals surface area (Å²) in [6.45, 7) is 3.95. The molecule has 4 rings (SSSR count). The van der Waals surface area contributed by atoms with Crippen molar-refractivity contribution in [2.24, 2.45) is 0 Å². The van der Waals surface area contributed by atoms with Crippen molar-refractivity contribution in [3.63, 3.8) is 0 Å². The van der Waals surface area contributed by atoms with Crippen molar-refractivity contribution < 1.29 is 18.7 Å². The van der Waals surface area contributed by atoms with E-state index in [2.05, 4.69) is 26.2 Å². The predicted molar refractivity (Wildman–Crippen MR) is 124 cm³/mol. The molecule has 7 heteroatoms. The van der Waals surface area contributed by atoms with Crippen LogP contribution in [0.4, 0.5) is 5.69 Å². The summed E-state index contributed by atoms with van der Waals surface area (Å²) in [5.41, 5.74) is 5.06. The Hall–Kier alpha value is -3.32. The van der Waals surface area contributed by atoms with Crippen LogP contribution in [0.15, 0.2) is 63.5 Å². The molecule has 4 aromatic rings. The molecular formula is C24H21BrN2O4. The second-order valence-corrected chi connectivity index (χ2v) is 8.04. The van der Waals surface area contributed by atoms with E-state index < -0.39 is 0 Å². The number of amides is 1. The Morgan fingerprint density at radius 3 is 2.55 bits per heavy atom. The number of aryl methyl sites for hydroxylation is 2. The van der Waals surface area contributed by atoms with Gasteiger partial charge in [-0.1, -0.05) is 15.9 Å². The van der Waals surface area contributed by atoms with Crippen LogP contribution < -0.4 is 14.8 Å². The van der Waals surface area contributed by atoms with E-state index in [4.69, 9.17) is 13.9 Å². The van der Waals surface area contributed by atoms with Gasteiger partial charge in [0.2, 0.25) is 5.89 Å². The fourth-order valence-electron chi connectivity index (χ4n) is 3.11. The Morgan fingerprint density at radius 1 is 1.06 bits per heavy atom. The highest BCUT2D eigenvalue weighted by Crippen LogP contribution is 2.32. The van der Waals surface area contributed by atoms with Gasteiger partial charge in [-0.25, -0.2) is 4.98 Å². The van der Waals surface area contributed by atoms with E-state index in [0.29, 0.717) is 23.1 Å². The first kappa shape index (κ1) is 20.9. The summed E-state index contributed by atoms with van der Waals surface area (Å²) in [5, 5.41) is 2.84. The molecule has 158 valence electrons. The monoisotopic (exact) mass is 480 g/mol. The summed E-state index contributed by atoms with van der Waals surface area (Å²) in [7, 11) is 1.55. The van der Waals surface area contributed by atoms with Crippen LogP contribution in [0.1, 0.15) is 11.1 Å². The third-order valence-corrected chi connectivity index (χ3v) is 5.44. The van der Waals surface area contributed by atoms with E-state index in [1.54, 1.807) is 31.4 Å². The molecule has 1 aromatic heterocycles. The molecule has 0 spiro atoms. The van der Waals surface area contributed by atoms with Crippen molar-refractivity contribution in [3.8, 4) is 23.0 Å². The standard InChI is InChI=1S/C24H21BrN2O4/c1-14-10-19-22(11-15(14)2)31-24(27-19)16-4-9-21(29-3)20(12-16)26-23(28)13-30-18-7-5-17(25)6-8-18/h4-12H,13H2,1-3H3,(H,26,28). The normalized spacial score (nSPS) is 10.8. The maximum Gasteiger partial charge on any atom is 0.262 e. The molecule has 0 aliphatic heterocycles. The Kier molecular flexibility index (Phi) is 5.95. The zero-order chi connectivity index (χ0) is 22.0. The Morgan fingerprint density at radius 2 is 1.81 bits per heavy atom. The van der Waals surface area contributed by atoms with Crippen molar-refractivity contribution >= 4 is 38.6 Å². The Balaban J connectivity index is 1.54. The molecule has 0 unspecified atom stereocenters. The first-order chi connectivity index (χ1) is 14.9. The summed E-state index contributed by atoms with van der Waals surface area (Å²) in [6, 6.07) is 16.6. The number of hydrogen-bond acceptors (Lipinski definition) is 5. The minimum absolute atomic E-state index is 0.129. The second kappa shape index (κ2) is 8.81. The summed E-state index contributed by atoms with van der Waals surface area (Å²) in [6.07, 6.45) is 0. The van der Waals surface area contributed by atoms with Crippen LogP contribution in [-0.2, 0) is 4.79 Å². The molecule has 0 fully saturated rings. The van der Waals surface area contributed by atoms with Crippen LogP contribution >= 0.6 is 15.9 Å². The van der Waals surface area contributed by atoms with Gasteiger partial charge in [0, 0.05) is 10.0 Å². The molecule has 0 aliphatic rings. The first-order valence-electron chi connectivity index (χ1n) is 9.67. The molecule has 0 saturated carbocycles. The second-order valence-electron chi connectivity index (χ2n) is 7.13. The van der Waals surface area contributed by atoms with Crippen molar-refractivity contribution in [2.75, 3.05) is 19.0 Å². The van der Waals surface area contributed by atoms with Crippen LogP contribution in [0.5, 0.6) is 11.5 Å². The average molecular weight is 481 g/mol. The molecule has 1 amide bonds. The summed E-state index contributed by atoms with van der Waals surface area (Å²) in [4.78, 5) is 17.0. The first-order valence-corrected chi connectivity index (χ1v) is 10.5. The molecule has 0 atom stereocenters. The highest BCUT2D eigenvalue weighted by Gasteiger charge is 2.14. The maximum absolute atomic E-state index is 12.4. The lowest BCUT2D eigenvalue weighted by atomic mass is 10.1. The number of hydrogen-bond donors (Lipinski definition) is 1. The highest BCUT2D eigenvalue weighted by molar-refractivity contribution is 9.10. The molecular weight excluding hydrogens is 460 g/mol. The van der Waals surface area contributed by atoms with E-state index in [-0.39, 0.29) is 12.5 Å². The van der Waals surface area contributed by atoms with Gasteiger partial charge in [-0.15, -0.1) is 0 Å². The van der Waals surface area contributed by atoms with Gasteiger partial charge in [-0.3, -0.25) is 4.79 Å². The largest absolute Gasteiger partial charge is 0.495 e. The molecule has 0 saturated heterocycles. The van der Waals surface area contributed by atoms with E-state index in [1.165, 1.54) is 0 Å². The quantitative estimate of drug-likeness (QED) is 0.371. The Bertz CT molecular complexity index is 1210. The van der Waals surface area contributed by atoms with Crippen molar-refractivity contribution in [1.29, 1.82) is 0 Å². The third-order valence-electron chi connectivity index (χ3n) is 4.91. The number of rotatable bonds is 6. The molecule has 1 heterocycles. The lowest BCUT2D eigenvalue weighted by Gasteiger charge is -2.12. The molecule has 6 nitrogen and oxygen atoms in total. The van der Waals surface area contributed by atoms with Crippen molar-refractivity contribution in [1.82, 2.24) is 4.98 Å². The van der Waals surface area contributed by atoms with Crippen LogP contribution in [0, 0.1) is 13.8 Å². The number of fused-ring (bicyclic) bond motifs is 1. The minimum Gasteiger partial charge on any atom is -0.495 e. The van der Waals surface area contributed by atoms with Gasteiger partial charge >= 0.3 is 0 Å². The smallest absolute Gasteiger partial charge is 0.262 e. The van der Waals surface area contributed by atoms with E-state index in [1.807, 2.05) is 44.2 Å². The minimum atomic E-state index is -0.304. The van der Waals surface area contributed by atoms with Crippen LogP contribution in [0.3, 0.4) is 0 Å². The van der Waals surface area contributed by atoms with Gasteiger partial charge in [0.25, 0.3) is 5.91 Å². The number of carbonyl (C=O) groups is 1. The predicted octanol–water partition coefficient (Wildman–Crippen LogP) is 5.90. The van der Waals surface area contributed by atoms with Gasteiger partial charge in [-0.2, -0.15) is 0 Å². The topological polar surface area (TPSA) is 73.6 Å². The lowest BCUT2D eigenvalue weighted by molar-refractivity contribution is -0.118. The molecule has 0 bridgehead atoms. The molecule has 31 heavy (non-hydrogen) atoms. The van der Waals surface area contributed by atoms with Crippen molar-refractivity contribution in [2.45, 2.75) is 13.8 Å². The number of nitrogens with zero attached hydrogens (tertiary/aromatic N) is 1. The van der Waals surface area contributed by atoms with Crippen LogP contribution in [0.25, 0.3) is 22.6 Å². The van der Waals surface area contributed by atoms with Gasteiger partial charge in [0.15, 0.2) is 12.2 Å².